The Labute approximate surface area is 122 Å². The van der Waals surface area contributed by atoms with E-state index in [9.17, 15) is 9.18 Å². The molecule has 0 radical (unpaired) electrons. The summed E-state index contributed by atoms with van der Waals surface area (Å²) in [6.45, 7) is 6.10. The molecule has 5 nitrogen and oxygen atoms in total. The minimum atomic E-state index is -0.613. The second kappa shape index (κ2) is 5.60. The lowest BCUT2D eigenvalue weighted by Crippen LogP contribution is -2.57. The first kappa shape index (κ1) is 15.1. The molecule has 1 aromatic carbocycles. The Morgan fingerprint density at radius 1 is 1.43 bits per heavy atom. The molecule has 1 heterocycles. The van der Waals surface area contributed by atoms with Crippen molar-refractivity contribution in [3.8, 4) is 11.8 Å². The molecule has 1 aliphatic heterocycles. The van der Waals surface area contributed by atoms with Gasteiger partial charge >= 0.3 is 6.09 Å². The monoisotopic (exact) mass is 292 g/mol. The van der Waals surface area contributed by atoms with Crippen LogP contribution in [-0.4, -0.2) is 35.8 Å². The summed E-state index contributed by atoms with van der Waals surface area (Å²) in [6, 6.07) is 6.01. The third-order valence-electron chi connectivity index (χ3n) is 2.88. The molecule has 0 unspecified atom stereocenters. The fourth-order valence-electron chi connectivity index (χ4n) is 1.88. The fraction of sp³-hybridized carbons (Fsp3) is 0.467. The summed E-state index contributed by atoms with van der Waals surface area (Å²) in [7, 11) is 0. The molecule has 0 spiro atoms. The van der Waals surface area contributed by atoms with Crippen LogP contribution in [0.4, 0.5) is 9.18 Å². The standard InChI is InChI=1S/C15H17FN2O3/c1-15(2,3)21-14(19)18-8-10(9-18)20-13-6-4-5-12(16)11(13)7-17/h4-6,10H,8-9H2,1-3H3. The zero-order chi connectivity index (χ0) is 15.6. The number of benzene rings is 1. The molecule has 1 saturated heterocycles. The molecule has 0 aliphatic carbocycles. The number of likely N-dealkylation sites (tertiary alicyclic amines) is 1. The van der Waals surface area contributed by atoms with Crippen LogP contribution in [0.1, 0.15) is 26.3 Å². The quantitative estimate of drug-likeness (QED) is 0.840. The minimum absolute atomic E-state index is 0.117. The summed E-state index contributed by atoms with van der Waals surface area (Å²) < 4.78 is 24.2. The summed E-state index contributed by atoms with van der Waals surface area (Å²) >= 11 is 0. The van der Waals surface area contributed by atoms with Crippen LogP contribution in [0.15, 0.2) is 18.2 Å². The topological polar surface area (TPSA) is 62.6 Å². The molecule has 1 fully saturated rings. The summed E-state index contributed by atoms with van der Waals surface area (Å²) in [4.78, 5) is 13.3. The van der Waals surface area contributed by atoms with Gasteiger partial charge < -0.3 is 14.4 Å². The van der Waals surface area contributed by atoms with Crippen LogP contribution >= 0.6 is 0 Å². The van der Waals surface area contributed by atoms with Gasteiger partial charge in [-0.05, 0) is 32.9 Å². The number of hydrogen-bond donors (Lipinski definition) is 0. The number of nitrogens with zero attached hydrogens (tertiary/aromatic N) is 2. The van der Waals surface area contributed by atoms with Crippen molar-refractivity contribution in [1.82, 2.24) is 4.90 Å². The van der Waals surface area contributed by atoms with Gasteiger partial charge in [0.15, 0.2) is 0 Å². The van der Waals surface area contributed by atoms with E-state index in [0.717, 1.165) is 0 Å². The summed E-state index contributed by atoms with van der Waals surface area (Å²) in [5.41, 5.74) is -0.659. The third-order valence-corrected chi connectivity index (χ3v) is 2.88. The van der Waals surface area contributed by atoms with E-state index in [1.54, 1.807) is 26.8 Å². The number of ether oxygens (including phenoxy) is 2. The molecule has 0 atom stereocenters. The molecular weight excluding hydrogens is 275 g/mol. The van der Waals surface area contributed by atoms with Gasteiger partial charge in [0.25, 0.3) is 0 Å². The number of nitriles is 1. The van der Waals surface area contributed by atoms with Crippen molar-refractivity contribution >= 4 is 6.09 Å². The molecule has 0 N–H and O–H groups in total. The molecule has 21 heavy (non-hydrogen) atoms. The van der Waals surface area contributed by atoms with Crippen molar-refractivity contribution in [3.05, 3.63) is 29.6 Å². The smallest absolute Gasteiger partial charge is 0.410 e. The first-order valence-corrected chi connectivity index (χ1v) is 6.63. The number of halogens is 1. The Morgan fingerprint density at radius 2 is 2.10 bits per heavy atom. The van der Waals surface area contributed by atoms with Crippen molar-refractivity contribution in [2.45, 2.75) is 32.5 Å². The summed E-state index contributed by atoms with van der Waals surface area (Å²) in [5, 5.41) is 8.92. The lowest BCUT2D eigenvalue weighted by Gasteiger charge is -2.39. The minimum Gasteiger partial charge on any atom is -0.485 e. The third kappa shape index (κ3) is 3.63. The molecule has 1 aromatic rings. The van der Waals surface area contributed by atoms with Gasteiger partial charge in [-0.25, -0.2) is 9.18 Å². The van der Waals surface area contributed by atoms with Gasteiger partial charge in [0.05, 0.1) is 13.1 Å². The van der Waals surface area contributed by atoms with Crippen LogP contribution in [0.5, 0.6) is 5.75 Å². The first-order chi connectivity index (χ1) is 9.80. The molecule has 1 aliphatic rings. The van der Waals surface area contributed by atoms with Crippen molar-refractivity contribution in [2.75, 3.05) is 13.1 Å². The average molecular weight is 292 g/mol. The van der Waals surface area contributed by atoms with Crippen molar-refractivity contribution in [1.29, 1.82) is 5.26 Å². The molecule has 1 amide bonds. The van der Waals surface area contributed by atoms with Crippen LogP contribution in [0, 0.1) is 17.1 Å². The lowest BCUT2D eigenvalue weighted by molar-refractivity contribution is -0.0222. The van der Waals surface area contributed by atoms with Crippen LogP contribution in [0.2, 0.25) is 0 Å². The van der Waals surface area contributed by atoms with Gasteiger partial charge in [-0.3, -0.25) is 0 Å². The van der Waals surface area contributed by atoms with Crippen LogP contribution in [-0.2, 0) is 4.74 Å². The van der Waals surface area contributed by atoms with E-state index in [-0.39, 0.29) is 17.4 Å². The van der Waals surface area contributed by atoms with E-state index >= 15 is 0 Å². The molecule has 0 bridgehead atoms. The van der Waals surface area contributed by atoms with Crippen LogP contribution < -0.4 is 4.74 Å². The summed E-state index contributed by atoms with van der Waals surface area (Å²) in [6.07, 6.45) is -0.659. The number of carbonyl (C=O) groups excluding carboxylic acids is 1. The van der Waals surface area contributed by atoms with Gasteiger partial charge in [-0.2, -0.15) is 5.26 Å². The average Bonchev–Trinajstić information content (AvgIpc) is 2.30. The van der Waals surface area contributed by atoms with Crippen LogP contribution in [0.3, 0.4) is 0 Å². The zero-order valence-electron chi connectivity index (χ0n) is 12.2. The van der Waals surface area contributed by atoms with Crippen molar-refractivity contribution < 1.29 is 18.7 Å². The zero-order valence-corrected chi connectivity index (χ0v) is 12.2. The molecule has 0 saturated carbocycles. The van der Waals surface area contributed by atoms with Crippen molar-refractivity contribution in [3.63, 3.8) is 0 Å². The van der Waals surface area contributed by atoms with Gasteiger partial charge in [-0.1, -0.05) is 6.07 Å². The second-order valence-corrected chi connectivity index (χ2v) is 5.85. The van der Waals surface area contributed by atoms with Gasteiger partial charge in [-0.15, -0.1) is 0 Å². The Morgan fingerprint density at radius 3 is 2.67 bits per heavy atom. The predicted molar refractivity (Wildman–Crippen MR) is 73.3 cm³/mol. The van der Waals surface area contributed by atoms with Gasteiger partial charge in [0.1, 0.15) is 34.9 Å². The summed E-state index contributed by atoms with van der Waals surface area (Å²) in [5.74, 6) is -0.412. The predicted octanol–water partition coefficient (Wildman–Crippen LogP) is 2.70. The van der Waals surface area contributed by atoms with E-state index in [4.69, 9.17) is 14.7 Å². The van der Waals surface area contributed by atoms with E-state index in [2.05, 4.69) is 0 Å². The Bertz CT molecular complexity index is 584. The Hall–Kier alpha value is -2.29. The van der Waals surface area contributed by atoms with Crippen molar-refractivity contribution in [2.24, 2.45) is 0 Å². The maximum atomic E-state index is 13.4. The highest BCUT2D eigenvalue weighted by Crippen LogP contribution is 2.25. The maximum absolute atomic E-state index is 13.4. The fourth-order valence-corrected chi connectivity index (χ4v) is 1.88. The number of hydrogen-bond acceptors (Lipinski definition) is 4. The molecular formula is C15H17FN2O3. The van der Waals surface area contributed by atoms with Crippen LogP contribution in [0.25, 0.3) is 0 Å². The highest BCUT2D eigenvalue weighted by Gasteiger charge is 2.35. The van der Waals surface area contributed by atoms with E-state index in [1.807, 2.05) is 0 Å². The van der Waals surface area contributed by atoms with E-state index in [0.29, 0.717) is 13.1 Å². The SMILES string of the molecule is CC(C)(C)OC(=O)N1CC(Oc2cccc(F)c2C#N)C1. The van der Waals surface area contributed by atoms with Gasteiger partial charge in [0.2, 0.25) is 0 Å². The highest BCUT2D eigenvalue weighted by atomic mass is 19.1. The molecule has 2 rings (SSSR count). The highest BCUT2D eigenvalue weighted by molar-refractivity contribution is 5.69. The number of amides is 1. The first-order valence-electron chi connectivity index (χ1n) is 6.63. The number of rotatable bonds is 2. The second-order valence-electron chi connectivity index (χ2n) is 5.85. The Kier molecular flexibility index (Phi) is 4.03. The maximum Gasteiger partial charge on any atom is 0.410 e. The lowest BCUT2D eigenvalue weighted by atomic mass is 10.1. The molecule has 112 valence electrons. The molecule has 0 aromatic heterocycles. The normalized spacial score (nSPS) is 15.1. The number of carbonyl (C=O) groups is 1. The van der Waals surface area contributed by atoms with E-state index < -0.39 is 17.5 Å². The van der Waals surface area contributed by atoms with Gasteiger partial charge in [0, 0.05) is 0 Å². The van der Waals surface area contributed by atoms with E-state index in [1.165, 1.54) is 23.1 Å². The Balaban J connectivity index is 1.91. The largest absolute Gasteiger partial charge is 0.485 e. The molecule has 6 heteroatoms.